The lowest BCUT2D eigenvalue weighted by atomic mass is 9.98. The van der Waals surface area contributed by atoms with Crippen molar-refractivity contribution >= 4 is 17.5 Å². The van der Waals surface area contributed by atoms with Crippen LogP contribution in [0.2, 0.25) is 0 Å². The van der Waals surface area contributed by atoms with Gasteiger partial charge in [-0.05, 0) is 24.1 Å². The number of hydrogen-bond acceptors (Lipinski definition) is 3. The van der Waals surface area contributed by atoms with Crippen LogP contribution >= 0.6 is 0 Å². The summed E-state index contributed by atoms with van der Waals surface area (Å²) in [6.07, 6.45) is 0.755. The highest BCUT2D eigenvalue weighted by Crippen LogP contribution is 2.10. The zero-order valence-electron chi connectivity index (χ0n) is 10.6. The predicted octanol–water partition coefficient (Wildman–Crippen LogP) is 0.899. The first-order valence-electron chi connectivity index (χ1n) is 5.91. The van der Waals surface area contributed by atoms with Gasteiger partial charge < -0.3 is 16.8 Å². The van der Waals surface area contributed by atoms with Gasteiger partial charge in [-0.1, -0.05) is 26.3 Å². The van der Waals surface area contributed by atoms with Gasteiger partial charge in [0.05, 0.1) is 0 Å². The van der Waals surface area contributed by atoms with Crippen molar-refractivity contribution in [3.63, 3.8) is 0 Å². The number of hydrogen-bond donors (Lipinski definition) is 3. The van der Waals surface area contributed by atoms with E-state index in [9.17, 15) is 9.59 Å². The van der Waals surface area contributed by atoms with Crippen LogP contribution in [0.5, 0.6) is 0 Å². The van der Waals surface area contributed by atoms with E-state index in [-0.39, 0.29) is 11.8 Å². The molecule has 5 nitrogen and oxygen atoms in total. The Balaban J connectivity index is 2.82. The molecule has 0 aliphatic rings. The van der Waals surface area contributed by atoms with E-state index in [2.05, 4.69) is 5.32 Å². The van der Waals surface area contributed by atoms with E-state index in [0.717, 1.165) is 6.42 Å². The van der Waals surface area contributed by atoms with Crippen molar-refractivity contribution in [3.05, 3.63) is 29.8 Å². The van der Waals surface area contributed by atoms with Gasteiger partial charge in [-0.2, -0.15) is 0 Å². The van der Waals surface area contributed by atoms with E-state index < -0.39 is 11.9 Å². The molecule has 0 aliphatic heterocycles. The van der Waals surface area contributed by atoms with Crippen LogP contribution in [-0.2, 0) is 4.79 Å². The van der Waals surface area contributed by atoms with Crippen LogP contribution in [0.25, 0.3) is 0 Å². The average Bonchev–Trinajstić information content (AvgIpc) is 2.34. The minimum atomic E-state index is -0.663. The minimum absolute atomic E-state index is 0.00694. The minimum Gasteiger partial charge on any atom is -0.399 e. The molecule has 1 aromatic rings. The van der Waals surface area contributed by atoms with Crippen LogP contribution in [0.3, 0.4) is 0 Å². The van der Waals surface area contributed by atoms with Crippen molar-refractivity contribution in [2.24, 2.45) is 11.7 Å². The van der Waals surface area contributed by atoms with E-state index in [4.69, 9.17) is 11.5 Å². The lowest BCUT2D eigenvalue weighted by Crippen LogP contribution is -2.48. The Labute approximate surface area is 107 Å². The first-order valence-corrected chi connectivity index (χ1v) is 5.91. The monoisotopic (exact) mass is 249 g/mol. The Kier molecular flexibility index (Phi) is 4.71. The molecule has 5 heteroatoms. The van der Waals surface area contributed by atoms with Crippen LogP contribution in [-0.4, -0.2) is 17.9 Å². The van der Waals surface area contributed by atoms with Gasteiger partial charge in [0.1, 0.15) is 6.04 Å². The number of nitrogen functional groups attached to an aromatic ring is 1. The fraction of sp³-hybridized carbons (Fsp3) is 0.385. The van der Waals surface area contributed by atoms with Gasteiger partial charge in [-0.3, -0.25) is 9.59 Å². The van der Waals surface area contributed by atoms with Gasteiger partial charge in [0.25, 0.3) is 5.91 Å². The zero-order valence-corrected chi connectivity index (χ0v) is 10.6. The fourth-order valence-electron chi connectivity index (χ4n) is 1.63. The number of primary amides is 1. The number of benzene rings is 1. The summed E-state index contributed by atoms with van der Waals surface area (Å²) < 4.78 is 0. The maximum absolute atomic E-state index is 12.0. The molecule has 1 rings (SSSR count). The molecule has 0 spiro atoms. The molecule has 0 heterocycles. The number of nitrogens with two attached hydrogens (primary N) is 2. The highest BCUT2D eigenvalue weighted by atomic mass is 16.2. The summed E-state index contributed by atoms with van der Waals surface area (Å²) in [5, 5.41) is 2.64. The molecular formula is C13H19N3O2. The van der Waals surface area contributed by atoms with Gasteiger partial charge >= 0.3 is 0 Å². The van der Waals surface area contributed by atoms with Gasteiger partial charge in [0, 0.05) is 11.3 Å². The van der Waals surface area contributed by atoms with Crippen LogP contribution < -0.4 is 16.8 Å². The van der Waals surface area contributed by atoms with Gasteiger partial charge in [0.15, 0.2) is 0 Å². The third-order valence-corrected chi connectivity index (χ3v) is 2.95. The van der Waals surface area contributed by atoms with Crippen LogP contribution in [0, 0.1) is 5.92 Å². The molecule has 18 heavy (non-hydrogen) atoms. The summed E-state index contributed by atoms with van der Waals surface area (Å²) in [5.41, 5.74) is 11.8. The number of carbonyl (C=O) groups excluding carboxylic acids is 2. The normalized spacial score (nSPS) is 13.7. The molecule has 5 N–H and O–H groups in total. The van der Waals surface area contributed by atoms with Crippen LogP contribution in [0.4, 0.5) is 5.69 Å². The van der Waals surface area contributed by atoms with Crippen LogP contribution in [0.15, 0.2) is 24.3 Å². The summed E-state index contributed by atoms with van der Waals surface area (Å²) in [6, 6.07) is 5.91. The Morgan fingerprint density at radius 1 is 1.39 bits per heavy atom. The van der Waals surface area contributed by atoms with Crippen LogP contribution in [0.1, 0.15) is 30.6 Å². The summed E-state index contributed by atoms with van der Waals surface area (Å²) in [5.74, 6) is -0.875. The van der Waals surface area contributed by atoms with E-state index in [1.807, 2.05) is 13.8 Å². The molecule has 0 fully saturated rings. The fourth-order valence-corrected chi connectivity index (χ4v) is 1.63. The van der Waals surface area contributed by atoms with Gasteiger partial charge in [0.2, 0.25) is 5.91 Å². The molecule has 0 aromatic heterocycles. The smallest absolute Gasteiger partial charge is 0.252 e. The second-order valence-corrected chi connectivity index (χ2v) is 4.36. The topological polar surface area (TPSA) is 98.2 Å². The molecule has 2 amide bonds. The van der Waals surface area contributed by atoms with Gasteiger partial charge in [-0.25, -0.2) is 0 Å². The van der Waals surface area contributed by atoms with E-state index in [0.29, 0.717) is 11.3 Å². The number of nitrogens with one attached hydrogen (secondary N) is 1. The van der Waals surface area contributed by atoms with Crippen molar-refractivity contribution in [2.45, 2.75) is 26.3 Å². The van der Waals surface area contributed by atoms with E-state index in [1.165, 1.54) is 0 Å². The van der Waals surface area contributed by atoms with Crippen molar-refractivity contribution in [2.75, 3.05) is 5.73 Å². The first-order chi connectivity index (χ1) is 8.45. The average molecular weight is 249 g/mol. The molecule has 98 valence electrons. The molecule has 0 saturated heterocycles. The molecule has 0 aliphatic carbocycles. The molecule has 2 atom stereocenters. The Hall–Kier alpha value is -2.04. The first kappa shape index (κ1) is 14.0. The van der Waals surface area contributed by atoms with Crippen molar-refractivity contribution in [1.29, 1.82) is 0 Å². The van der Waals surface area contributed by atoms with E-state index >= 15 is 0 Å². The number of rotatable bonds is 5. The summed E-state index contributed by atoms with van der Waals surface area (Å²) in [7, 11) is 0. The Morgan fingerprint density at radius 2 is 2.06 bits per heavy atom. The SMILES string of the molecule is CCC(C)C(NC(=O)c1cccc(N)c1)C(N)=O. The van der Waals surface area contributed by atoms with E-state index in [1.54, 1.807) is 24.3 Å². The Morgan fingerprint density at radius 3 is 2.56 bits per heavy atom. The molecule has 0 saturated carbocycles. The summed E-state index contributed by atoms with van der Waals surface area (Å²) in [4.78, 5) is 23.3. The van der Waals surface area contributed by atoms with Crippen molar-refractivity contribution < 1.29 is 9.59 Å². The second-order valence-electron chi connectivity index (χ2n) is 4.36. The number of anilines is 1. The second kappa shape index (κ2) is 6.05. The summed E-state index contributed by atoms with van der Waals surface area (Å²) >= 11 is 0. The summed E-state index contributed by atoms with van der Waals surface area (Å²) in [6.45, 7) is 3.81. The molecule has 1 aromatic carbocycles. The highest BCUT2D eigenvalue weighted by molar-refractivity contribution is 5.97. The number of carbonyl (C=O) groups is 2. The third-order valence-electron chi connectivity index (χ3n) is 2.95. The highest BCUT2D eigenvalue weighted by Gasteiger charge is 2.23. The predicted molar refractivity (Wildman–Crippen MR) is 70.8 cm³/mol. The largest absolute Gasteiger partial charge is 0.399 e. The molecular weight excluding hydrogens is 230 g/mol. The van der Waals surface area contributed by atoms with Gasteiger partial charge in [-0.15, -0.1) is 0 Å². The molecule has 0 bridgehead atoms. The zero-order chi connectivity index (χ0) is 13.7. The number of amides is 2. The Bertz CT molecular complexity index is 446. The molecule has 0 radical (unpaired) electrons. The quantitative estimate of drug-likeness (QED) is 0.676. The lowest BCUT2D eigenvalue weighted by Gasteiger charge is -2.21. The lowest BCUT2D eigenvalue weighted by molar-refractivity contribution is -0.120. The standard InChI is InChI=1S/C13H19N3O2/c1-3-8(2)11(12(15)17)16-13(18)9-5-4-6-10(14)7-9/h4-8,11H,3,14H2,1-2H3,(H2,15,17)(H,16,18). The molecule has 2 unspecified atom stereocenters. The maximum atomic E-state index is 12.0. The maximum Gasteiger partial charge on any atom is 0.252 e. The van der Waals surface area contributed by atoms with Crippen molar-refractivity contribution in [1.82, 2.24) is 5.32 Å². The third kappa shape index (κ3) is 3.48. The van der Waals surface area contributed by atoms with Crippen molar-refractivity contribution in [3.8, 4) is 0 Å².